The van der Waals surface area contributed by atoms with Crippen molar-refractivity contribution in [3.63, 3.8) is 0 Å². The second kappa shape index (κ2) is 8.97. The predicted octanol–water partition coefficient (Wildman–Crippen LogP) is 1.60. The van der Waals surface area contributed by atoms with Gasteiger partial charge in [-0.1, -0.05) is 6.42 Å². The number of hydrogen-bond donors (Lipinski definition) is 0. The van der Waals surface area contributed by atoms with E-state index in [1.54, 1.807) is 4.68 Å². The number of hydrogen-bond acceptors (Lipinski definition) is 5. The zero-order valence-corrected chi connectivity index (χ0v) is 16.3. The van der Waals surface area contributed by atoms with Crippen molar-refractivity contribution in [2.24, 2.45) is 7.05 Å². The van der Waals surface area contributed by atoms with Gasteiger partial charge in [-0.05, 0) is 39.8 Å². The number of amides is 1. The first-order chi connectivity index (χ1) is 12.5. The predicted molar refractivity (Wildman–Crippen MR) is 98.8 cm³/mol. The molecule has 3 heterocycles. The van der Waals surface area contributed by atoms with E-state index in [0.717, 1.165) is 25.2 Å². The average Bonchev–Trinajstić information content (AvgIpc) is 3.06. The first-order valence-corrected chi connectivity index (χ1v) is 9.78. The number of rotatable bonds is 6. The molecule has 7 heteroatoms. The van der Waals surface area contributed by atoms with Crippen molar-refractivity contribution in [1.29, 1.82) is 0 Å². The van der Waals surface area contributed by atoms with Gasteiger partial charge in [-0.15, -0.1) is 0 Å². The fourth-order valence-electron chi connectivity index (χ4n) is 3.87. The Morgan fingerprint density at radius 3 is 2.73 bits per heavy atom. The number of carbonyl (C=O) groups excluding carboxylic acids is 1. The second-order valence-corrected chi connectivity index (χ2v) is 7.61. The van der Waals surface area contributed by atoms with Crippen LogP contribution in [0.2, 0.25) is 0 Å². The van der Waals surface area contributed by atoms with Crippen molar-refractivity contribution < 1.29 is 14.3 Å². The summed E-state index contributed by atoms with van der Waals surface area (Å²) in [6, 6.07) is -0.109. The molecule has 0 spiro atoms. The third-order valence-electron chi connectivity index (χ3n) is 5.17. The van der Waals surface area contributed by atoms with Crippen LogP contribution in [0, 0.1) is 0 Å². The molecule has 0 unspecified atom stereocenters. The van der Waals surface area contributed by atoms with Crippen LogP contribution in [0.25, 0.3) is 0 Å². The fourth-order valence-corrected chi connectivity index (χ4v) is 3.87. The maximum Gasteiger partial charge on any atom is 0.249 e. The van der Waals surface area contributed by atoms with E-state index in [1.165, 1.54) is 19.3 Å². The minimum absolute atomic E-state index is 0.0273. The normalized spacial score (nSPS) is 25.0. The van der Waals surface area contributed by atoms with Crippen molar-refractivity contribution in [3.05, 3.63) is 18.0 Å². The third-order valence-corrected chi connectivity index (χ3v) is 5.17. The Hall–Kier alpha value is -1.44. The third kappa shape index (κ3) is 4.84. The molecule has 7 nitrogen and oxygen atoms in total. The molecule has 1 aromatic rings. The highest BCUT2D eigenvalue weighted by Crippen LogP contribution is 2.30. The largest absolute Gasteiger partial charge is 0.373 e. The summed E-state index contributed by atoms with van der Waals surface area (Å²) in [6.07, 6.45) is 7.66. The molecule has 3 rings (SSSR count). The first kappa shape index (κ1) is 19.3. The molecule has 2 atom stereocenters. The molecular formula is C19H32N4O3. The SMILES string of the molecule is CC(C)OCC(=O)N1CCO[C@@H](CN2CCCCC2)[C@@H]1c1cnn(C)c1. The minimum atomic E-state index is -0.109. The minimum Gasteiger partial charge on any atom is -0.373 e. The van der Waals surface area contributed by atoms with Crippen LogP contribution in [0.4, 0.5) is 0 Å². The lowest BCUT2D eigenvalue weighted by Crippen LogP contribution is -2.53. The molecular weight excluding hydrogens is 332 g/mol. The average molecular weight is 364 g/mol. The van der Waals surface area contributed by atoms with E-state index < -0.39 is 0 Å². The van der Waals surface area contributed by atoms with Gasteiger partial charge in [0.2, 0.25) is 5.91 Å². The highest BCUT2D eigenvalue weighted by molar-refractivity contribution is 5.78. The summed E-state index contributed by atoms with van der Waals surface area (Å²) in [7, 11) is 1.90. The van der Waals surface area contributed by atoms with E-state index in [9.17, 15) is 4.79 Å². The topological polar surface area (TPSA) is 59.8 Å². The molecule has 2 aliphatic heterocycles. The van der Waals surface area contributed by atoms with Gasteiger partial charge in [0.25, 0.3) is 0 Å². The van der Waals surface area contributed by atoms with E-state index in [2.05, 4.69) is 10.00 Å². The zero-order chi connectivity index (χ0) is 18.5. The van der Waals surface area contributed by atoms with Gasteiger partial charge in [0.15, 0.2) is 0 Å². The van der Waals surface area contributed by atoms with Crippen LogP contribution in [0.15, 0.2) is 12.4 Å². The van der Waals surface area contributed by atoms with E-state index in [1.807, 2.05) is 38.2 Å². The molecule has 0 radical (unpaired) electrons. The monoisotopic (exact) mass is 364 g/mol. The van der Waals surface area contributed by atoms with Crippen LogP contribution in [-0.4, -0.2) is 77.1 Å². The molecule has 2 fully saturated rings. The Labute approximate surface area is 156 Å². The van der Waals surface area contributed by atoms with Crippen LogP contribution >= 0.6 is 0 Å². The Morgan fingerprint density at radius 2 is 2.08 bits per heavy atom. The summed E-state index contributed by atoms with van der Waals surface area (Å²) in [6.45, 7) is 8.26. The summed E-state index contributed by atoms with van der Waals surface area (Å²) in [5.74, 6) is 0.0273. The van der Waals surface area contributed by atoms with Crippen LogP contribution in [0.3, 0.4) is 0 Å². The Bertz CT molecular complexity index is 583. The molecule has 146 valence electrons. The number of morpholine rings is 1. The van der Waals surface area contributed by atoms with Crippen LogP contribution in [0.1, 0.15) is 44.7 Å². The molecule has 26 heavy (non-hydrogen) atoms. The standard InChI is InChI=1S/C19H32N4O3/c1-15(2)26-14-18(24)23-9-10-25-17(13-22-7-5-4-6-8-22)19(23)16-11-20-21(3)12-16/h11-12,15,17,19H,4-10,13-14H2,1-3H3/t17-,19-/m0/s1. The van der Waals surface area contributed by atoms with Gasteiger partial charge in [-0.2, -0.15) is 5.10 Å². The van der Waals surface area contributed by atoms with Gasteiger partial charge >= 0.3 is 0 Å². The van der Waals surface area contributed by atoms with Crippen molar-refractivity contribution in [2.75, 3.05) is 39.4 Å². The molecule has 0 bridgehead atoms. The molecule has 0 aromatic carbocycles. The van der Waals surface area contributed by atoms with Crippen LogP contribution < -0.4 is 0 Å². The maximum atomic E-state index is 12.8. The van der Waals surface area contributed by atoms with Gasteiger partial charge < -0.3 is 19.3 Å². The number of nitrogens with zero attached hydrogens (tertiary/aromatic N) is 4. The number of aryl methyl sites for hydroxylation is 1. The quantitative estimate of drug-likeness (QED) is 0.767. The van der Waals surface area contributed by atoms with Crippen molar-refractivity contribution in [2.45, 2.75) is 51.4 Å². The number of carbonyl (C=O) groups is 1. The van der Waals surface area contributed by atoms with Crippen molar-refractivity contribution >= 4 is 5.91 Å². The summed E-state index contributed by atoms with van der Waals surface area (Å²) in [4.78, 5) is 17.2. The van der Waals surface area contributed by atoms with Crippen LogP contribution in [-0.2, 0) is 21.3 Å². The lowest BCUT2D eigenvalue weighted by atomic mass is 9.99. The van der Waals surface area contributed by atoms with E-state index >= 15 is 0 Å². The van der Waals surface area contributed by atoms with Gasteiger partial charge in [0.05, 0.1) is 31.1 Å². The highest BCUT2D eigenvalue weighted by atomic mass is 16.5. The molecule has 0 aliphatic carbocycles. The molecule has 2 aliphatic rings. The van der Waals surface area contributed by atoms with Gasteiger partial charge in [0, 0.05) is 31.9 Å². The van der Waals surface area contributed by atoms with E-state index in [0.29, 0.717) is 13.2 Å². The van der Waals surface area contributed by atoms with Crippen LogP contribution in [0.5, 0.6) is 0 Å². The second-order valence-electron chi connectivity index (χ2n) is 7.61. The molecule has 1 amide bonds. The lowest BCUT2D eigenvalue weighted by Gasteiger charge is -2.43. The number of likely N-dealkylation sites (tertiary alicyclic amines) is 1. The number of aromatic nitrogens is 2. The summed E-state index contributed by atoms with van der Waals surface area (Å²) in [5.41, 5.74) is 1.03. The molecule has 1 aromatic heterocycles. The Kier molecular flexibility index (Phi) is 6.67. The first-order valence-electron chi connectivity index (χ1n) is 9.78. The molecule has 0 saturated carbocycles. The van der Waals surface area contributed by atoms with E-state index in [4.69, 9.17) is 9.47 Å². The fraction of sp³-hybridized carbons (Fsp3) is 0.789. The smallest absolute Gasteiger partial charge is 0.249 e. The number of piperidine rings is 1. The van der Waals surface area contributed by atoms with Gasteiger partial charge in [-0.25, -0.2) is 0 Å². The van der Waals surface area contributed by atoms with E-state index in [-0.39, 0.29) is 30.8 Å². The Morgan fingerprint density at radius 1 is 1.31 bits per heavy atom. The molecule has 2 saturated heterocycles. The Balaban J connectivity index is 1.76. The molecule has 0 N–H and O–H groups in total. The van der Waals surface area contributed by atoms with Crippen molar-refractivity contribution in [3.8, 4) is 0 Å². The summed E-state index contributed by atoms with van der Waals surface area (Å²) < 4.78 is 13.5. The van der Waals surface area contributed by atoms with Gasteiger partial charge in [0.1, 0.15) is 6.61 Å². The maximum absolute atomic E-state index is 12.8. The van der Waals surface area contributed by atoms with Gasteiger partial charge in [-0.3, -0.25) is 9.48 Å². The summed E-state index contributed by atoms with van der Waals surface area (Å²) >= 11 is 0. The highest BCUT2D eigenvalue weighted by Gasteiger charge is 2.38. The number of ether oxygens (including phenoxy) is 2. The summed E-state index contributed by atoms with van der Waals surface area (Å²) in [5, 5.41) is 4.32. The zero-order valence-electron chi connectivity index (χ0n) is 16.3. The lowest BCUT2D eigenvalue weighted by molar-refractivity contribution is -0.154. The van der Waals surface area contributed by atoms with Crippen molar-refractivity contribution in [1.82, 2.24) is 19.6 Å².